The summed E-state index contributed by atoms with van der Waals surface area (Å²) in [5.41, 5.74) is 0. The van der Waals surface area contributed by atoms with E-state index in [1.807, 2.05) is 0 Å². The monoisotopic (exact) mass is 225 g/mol. The smallest absolute Gasteiger partial charge is 0.309 e. The zero-order valence-corrected chi connectivity index (χ0v) is 9.66. The lowest BCUT2D eigenvalue weighted by atomic mass is 10.0. The summed E-state index contributed by atoms with van der Waals surface area (Å²) in [6, 6.07) is 0. The van der Waals surface area contributed by atoms with Crippen LogP contribution in [0.15, 0.2) is 0 Å². The van der Waals surface area contributed by atoms with Gasteiger partial charge in [0.25, 0.3) is 0 Å². The molecule has 0 aromatic rings. The molecule has 0 saturated carbocycles. The third-order valence-corrected chi connectivity index (χ3v) is 2.21. The molecule has 0 aliphatic heterocycles. The minimum atomic E-state index is -4.07. The fourth-order valence-electron chi connectivity index (χ4n) is 1.39. The Kier molecular flexibility index (Phi) is 7.83. The van der Waals surface area contributed by atoms with E-state index in [1.165, 1.54) is 12.8 Å². The van der Waals surface area contributed by atoms with Gasteiger partial charge in [0.1, 0.15) is 0 Å². The number of nitrogens with one attached hydrogen (secondary N) is 1. The van der Waals surface area contributed by atoms with E-state index >= 15 is 0 Å². The minimum Gasteiger partial charge on any atom is -0.309 e. The Labute approximate surface area is 90.4 Å². The maximum atomic E-state index is 11.7. The lowest BCUT2D eigenvalue weighted by molar-refractivity contribution is -0.124. The molecular formula is C11H22F3N. The van der Waals surface area contributed by atoms with Gasteiger partial charge < -0.3 is 5.32 Å². The molecule has 1 N–H and O–H groups in total. The van der Waals surface area contributed by atoms with Crippen molar-refractivity contribution in [3.05, 3.63) is 0 Å². The molecule has 0 aliphatic rings. The Morgan fingerprint density at radius 1 is 1.00 bits per heavy atom. The molecule has 0 unspecified atom stereocenters. The SMILES string of the molecule is CC(C)CCCCCCNCC(F)(F)F. The van der Waals surface area contributed by atoms with Gasteiger partial charge in [0.05, 0.1) is 6.54 Å². The Balaban J connectivity index is 3.06. The number of unbranched alkanes of at least 4 members (excludes halogenated alkanes) is 3. The summed E-state index contributed by atoms with van der Waals surface area (Å²) in [6.07, 6.45) is 1.34. The summed E-state index contributed by atoms with van der Waals surface area (Å²) in [7, 11) is 0. The van der Waals surface area contributed by atoms with E-state index in [1.54, 1.807) is 0 Å². The summed E-state index contributed by atoms with van der Waals surface area (Å²) < 4.78 is 35.1. The van der Waals surface area contributed by atoms with Gasteiger partial charge in [0, 0.05) is 0 Å². The molecule has 0 spiro atoms. The number of hydrogen-bond acceptors (Lipinski definition) is 1. The number of rotatable bonds is 8. The zero-order chi connectivity index (χ0) is 11.7. The molecule has 0 aliphatic carbocycles. The number of halogens is 3. The van der Waals surface area contributed by atoms with Crippen molar-refractivity contribution in [3.63, 3.8) is 0 Å². The highest BCUT2D eigenvalue weighted by Gasteiger charge is 2.25. The summed E-state index contributed by atoms with van der Waals surface area (Å²) in [5, 5.41) is 2.40. The van der Waals surface area contributed by atoms with Crippen LogP contribution in [-0.2, 0) is 0 Å². The molecule has 0 radical (unpaired) electrons. The van der Waals surface area contributed by atoms with E-state index < -0.39 is 12.7 Å². The van der Waals surface area contributed by atoms with Crippen LogP contribution in [0, 0.1) is 5.92 Å². The van der Waals surface area contributed by atoms with Crippen LogP contribution in [0.4, 0.5) is 13.2 Å². The fourth-order valence-corrected chi connectivity index (χ4v) is 1.39. The van der Waals surface area contributed by atoms with Gasteiger partial charge in [-0.05, 0) is 18.9 Å². The number of alkyl halides is 3. The van der Waals surface area contributed by atoms with Gasteiger partial charge in [-0.2, -0.15) is 13.2 Å². The van der Waals surface area contributed by atoms with Crippen LogP contribution in [-0.4, -0.2) is 19.3 Å². The maximum Gasteiger partial charge on any atom is 0.401 e. The molecule has 1 nitrogen and oxygen atoms in total. The molecule has 15 heavy (non-hydrogen) atoms. The Hall–Kier alpha value is -0.250. The van der Waals surface area contributed by atoms with Crippen molar-refractivity contribution in [1.29, 1.82) is 0 Å². The normalized spacial score (nSPS) is 12.4. The topological polar surface area (TPSA) is 12.0 Å². The van der Waals surface area contributed by atoms with E-state index in [0.29, 0.717) is 6.54 Å². The van der Waals surface area contributed by atoms with Crippen LogP contribution < -0.4 is 5.32 Å². The molecule has 0 bridgehead atoms. The predicted octanol–water partition coefficient (Wildman–Crippen LogP) is 3.74. The largest absolute Gasteiger partial charge is 0.401 e. The van der Waals surface area contributed by atoms with Crippen molar-refractivity contribution in [1.82, 2.24) is 5.32 Å². The molecule has 4 heteroatoms. The van der Waals surface area contributed by atoms with Gasteiger partial charge >= 0.3 is 6.18 Å². The molecule has 92 valence electrons. The summed E-state index contributed by atoms with van der Waals surface area (Å²) in [4.78, 5) is 0. The van der Waals surface area contributed by atoms with E-state index in [2.05, 4.69) is 19.2 Å². The van der Waals surface area contributed by atoms with Gasteiger partial charge in [-0.25, -0.2) is 0 Å². The molecule has 0 atom stereocenters. The van der Waals surface area contributed by atoms with Gasteiger partial charge in [-0.15, -0.1) is 0 Å². The van der Waals surface area contributed by atoms with Crippen LogP contribution in [0.25, 0.3) is 0 Å². The zero-order valence-electron chi connectivity index (χ0n) is 9.66. The van der Waals surface area contributed by atoms with Crippen LogP contribution in [0.5, 0.6) is 0 Å². The Bertz CT molecular complexity index is 143. The first kappa shape index (κ1) is 14.8. The standard InChI is InChI=1S/C11H22F3N/c1-10(2)7-5-3-4-6-8-15-9-11(12,13)14/h10,15H,3-9H2,1-2H3. The van der Waals surface area contributed by atoms with Gasteiger partial charge in [-0.1, -0.05) is 39.5 Å². The molecule has 0 aromatic heterocycles. The highest BCUT2D eigenvalue weighted by atomic mass is 19.4. The molecule has 0 rings (SSSR count). The van der Waals surface area contributed by atoms with E-state index in [-0.39, 0.29) is 0 Å². The van der Waals surface area contributed by atoms with Crippen molar-refractivity contribution in [2.24, 2.45) is 5.92 Å². The highest BCUT2D eigenvalue weighted by Crippen LogP contribution is 2.12. The first-order valence-corrected chi connectivity index (χ1v) is 5.69. The van der Waals surface area contributed by atoms with Crippen LogP contribution in [0.2, 0.25) is 0 Å². The quantitative estimate of drug-likeness (QED) is 0.620. The fraction of sp³-hybridized carbons (Fsp3) is 1.00. The van der Waals surface area contributed by atoms with Crippen molar-refractivity contribution in [2.45, 2.75) is 52.1 Å². The third kappa shape index (κ3) is 13.8. The Morgan fingerprint density at radius 2 is 1.60 bits per heavy atom. The van der Waals surface area contributed by atoms with Crippen LogP contribution in [0.3, 0.4) is 0 Å². The molecule has 0 saturated heterocycles. The predicted molar refractivity (Wildman–Crippen MR) is 56.8 cm³/mol. The Morgan fingerprint density at radius 3 is 2.13 bits per heavy atom. The second kappa shape index (κ2) is 7.97. The molecule has 0 fully saturated rings. The second-order valence-electron chi connectivity index (χ2n) is 4.39. The summed E-state index contributed by atoms with van der Waals surface area (Å²) in [5.74, 6) is 0.730. The van der Waals surface area contributed by atoms with E-state index in [0.717, 1.165) is 25.2 Å². The molecular weight excluding hydrogens is 203 g/mol. The molecule has 0 amide bonds. The lowest BCUT2D eigenvalue weighted by Crippen LogP contribution is -2.29. The van der Waals surface area contributed by atoms with E-state index in [4.69, 9.17) is 0 Å². The van der Waals surface area contributed by atoms with Gasteiger partial charge in [0.15, 0.2) is 0 Å². The van der Waals surface area contributed by atoms with E-state index in [9.17, 15) is 13.2 Å². The number of hydrogen-bond donors (Lipinski definition) is 1. The highest BCUT2D eigenvalue weighted by molar-refractivity contribution is 4.56. The average Bonchev–Trinajstić information content (AvgIpc) is 2.07. The molecule has 0 heterocycles. The molecule has 0 aromatic carbocycles. The second-order valence-corrected chi connectivity index (χ2v) is 4.39. The average molecular weight is 225 g/mol. The first-order chi connectivity index (χ1) is 6.92. The first-order valence-electron chi connectivity index (χ1n) is 5.69. The maximum absolute atomic E-state index is 11.7. The summed E-state index contributed by atoms with van der Waals surface area (Å²) >= 11 is 0. The van der Waals surface area contributed by atoms with Gasteiger partial charge in [-0.3, -0.25) is 0 Å². The van der Waals surface area contributed by atoms with Crippen molar-refractivity contribution >= 4 is 0 Å². The lowest BCUT2D eigenvalue weighted by Gasteiger charge is -2.08. The van der Waals surface area contributed by atoms with Crippen LogP contribution >= 0.6 is 0 Å². The third-order valence-electron chi connectivity index (χ3n) is 2.21. The van der Waals surface area contributed by atoms with Crippen molar-refractivity contribution < 1.29 is 13.2 Å². The van der Waals surface area contributed by atoms with Crippen LogP contribution in [0.1, 0.15) is 46.0 Å². The van der Waals surface area contributed by atoms with Crippen molar-refractivity contribution in [3.8, 4) is 0 Å². The minimum absolute atomic E-state index is 0.473. The van der Waals surface area contributed by atoms with Gasteiger partial charge in [0.2, 0.25) is 0 Å². The summed E-state index contributed by atoms with van der Waals surface area (Å²) in [6.45, 7) is 3.98. The van der Waals surface area contributed by atoms with Crippen molar-refractivity contribution in [2.75, 3.05) is 13.1 Å².